The third-order valence-corrected chi connectivity index (χ3v) is 5.70. The van der Waals surface area contributed by atoms with Crippen LogP contribution in [-0.2, 0) is 6.54 Å². The number of H-pyrrole nitrogens is 1. The Bertz CT molecular complexity index is 683. The van der Waals surface area contributed by atoms with Crippen molar-refractivity contribution in [3.05, 3.63) is 59.4 Å². The van der Waals surface area contributed by atoms with Gasteiger partial charge in [0.05, 0.1) is 0 Å². The van der Waals surface area contributed by atoms with Gasteiger partial charge >= 0.3 is 0 Å². The number of rotatable bonds is 4. The number of thioether (sulfide) groups is 1. The van der Waals surface area contributed by atoms with E-state index in [1.807, 2.05) is 23.9 Å². The summed E-state index contributed by atoms with van der Waals surface area (Å²) in [6.45, 7) is 4.21. The van der Waals surface area contributed by atoms with Gasteiger partial charge in [-0.3, -0.25) is 9.69 Å². The highest BCUT2D eigenvalue weighted by atomic mass is 32.2. The first-order valence-electron chi connectivity index (χ1n) is 8.36. The van der Waals surface area contributed by atoms with Crippen LogP contribution in [0.15, 0.2) is 42.5 Å². The maximum absolute atomic E-state index is 12.1. The summed E-state index contributed by atoms with van der Waals surface area (Å²) in [6.07, 6.45) is 0. The van der Waals surface area contributed by atoms with E-state index in [0.29, 0.717) is 17.0 Å². The molecule has 0 saturated carbocycles. The van der Waals surface area contributed by atoms with Gasteiger partial charge in [-0.1, -0.05) is 37.3 Å². The summed E-state index contributed by atoms with van der Waals surface area (Å²) in [5.41, 5.74) is 3.12. The first-order valence-corrected chi connectivity index (χ1v) is 9.41. The molecule has 0 unspecified atom stereocenters. The minimum Gasteiger partial charge on any atom is -0.353 e. The summed E-state index contributed by atoms with van der Waals surface area (Å²) < 4.78 is 0. The fraction of sp³-hybridized carbons (Fsp3) is 0.421. The number of carbonyl (C=O) groups is 1. The maximum atomic E-state index is 12.1. The Hall–Kier alpha value is -1.72. The van der Waals surface area contributed by atoms with Crippen LogP contribution in [0, 0.1) is 0 Å². The van der Waals surface area contributed by atoms with E-state index in [1.165, 1.54) is 5.56 Å². The second kappa shape index (κ2) is 7.45. The van der Waals surface area contributed by atoms with Gasteiger partial charge in [0.1, 0.15) is 5.69 Å². The van der Waals surface area contributed by atoms with Crippen LogP contribution in [0.4, 0.5) is 0 Å². The van der Waals surface area contributed by atoms with Crippen molar-refractivity contribution in [3.63, 3.8) is 0 Å². The predicted octanol–water partition coefficient (Wildman–Crippen LogP) is 3.40. The molecule has 2 heterocycles. The highest BCUT2D eigenvalue weighted by molar-refractivity contribution is 8.00. The smallest absolute Gasteiger partial charge is 0.269 e. The summed E-state index contributed by atoms with van der Waals surface area (Å²) in [7, 11) is 3.55. The molecule has 0 radical (unpaired) electrons. The fourth-order valence-corrected chi connectivity index (χ4v) is 4.53. The van der Waals surface area contributed by atoms with Gasteiger partial charge in [0.15, 0.2) is 0 Å². The molecule has 1 fully saturated rings. The van der Waals surface area contributed by atoms with Crippen molar-refractivity contribution < 1.29 is 4.79 Å². The molecule has 2 aromatic rings. The minimum absolute atomic E-state index is 0.0171. The number of aromatic amines is 1. The second-order valence-electron chi connectivity index (χ2n) is 6.50. The molecule has 1 aliphatic heterocycles. The molecule has 3 rings (SSSR count). The van der Waals surface area contributed by atoms with E-state index < -0.39 is 0 Å². The van der Waals surface area contributed by atoms with Crippen molar-refractivity contribution in [1.82, 2.24) is 14.8 Å². The normalized spacial score (nSPS) is 21.6. The molecule has 0 aliphatic carbocycles. The van der Waals surface area contributed by atoms with Crippen LogP contribution in [0.25, 0.3) is 0 Å². The van der Waals surface area contributed by atoms with Gasteiger partial charge in [0.2, 0.25) is 0 Å². The van der Waals surface area contributed by atoms with Gasteiger partial charge < -0.3 is 9.88 Å². The minimum atomic E-state index is 0.0171. The lowest BCUT2D eigenvalue weighted by atomic mass is 10.0. The molecule has 24 heavy (non-hydrogen) atoms. The van der Waals surface area contributed by atoms with Crippen LogP contribution in [0.2, 0.25) is 0 Å². The SMILES string of the molecule is C[C@H]1SCCN(Cc2ccc(C(=O)N(C)C)[nH]2)[C@H]1c1ccccc1. The molecule has 128 valence electrons. The van der Waals surface area contributed by atoms with Crippen LogP contribution >= 0.6 is 11.8 Å². The van der Waals surface area contributed by atoms with E-state index >= 15 is 0 Å². The van der Waals surface area contributed by atoms with Crippen molar-refractivity contribution in [2.24, 2.45) is 0 Å². The summed E-state index contributed by atoms with van der Waals surface area (Å²) in [4.78, 5) is 19.5. The van der Waals surface area contributed by atoms with E-state index in [-0.39, 0.29) is 5.91 Å². The Labute approximate surface area is 148 Å². The quantitative estimate of drug-likeness (QED) is 0.925. The fourth-order valence-electron chi connectivity index (χ4n) is 3.31. The van der Waals surface area contributed by atoms with Crippen molar-refractivity contribution in [2.75, 3.05) is 26.4 Å². The molecule has 1 saturated heterocycles. The number of benzene rings is 1. The molecule has 1 aliphatic rings. The van der Waals surface area contributed by atoms with Crippen molar-refractivity contribution in [2.45, 2.75) is 24.8 Å². The monoisotopic (exact) mass is 343 g/mol. The van der Waals surface area contributed by atoms with E-state index in [9.17, 15) is 4.79 Å². The van der Waals surface area contributed by atoms with Gasteiger partial charge in [-0.15, -0.1) is 0 Å². The zero-order valence-electron chi connectivity index (χ0n) is 14.5. The Morgan fingerprint density at radius 3 is 2.71 bits per heavy atom. The summed E-state index contributed by atoms with van der Waals surface area (Å²) in [5.74, 6) is 1.16. The van der Waals surface area contributed by atoms with Crippen molar-refractivity contribution in [1.29, 1.82) is 0 Å². The van der Waals surface area contributed by atoms with E-state index in [1.54, 1.807) is 19.0 Å². The van der Waals surface area contributed by atoms with E-state index in [4.69, 9.17) is 0 Å². The highest BCUT2D eigenvalue weighted by Crippen LogP contribution is 2.36. The van der Waals surface area contributed by atoms with Crippen LogP contribution in [0.1, 0.15) is 34.7 Å². The van der Waals surface area contributed by atoms with Crippen LogP contribution in [0.5, 0.6) is 0 Å². The number of carbonyl (C=O) groups excluding carboxylic acids is 1. The van der Waals surface area contributed by atoms with Gasteiger partial charge in [0.25, 0.3) is 5.91 Å². The number of hydrogen-bond acceptors (Lipinski definition) is 3. The molecule has 1 amide bonds. The lowest BCUT2D eigenvalue weighted by molar-refractivity contribution is 0.0822. The van der Waals surface area contributed by atoms with Crippen LogP contribution < -0.4 is 0 Å². The number of aromatic nitrogens is 1. The Kier molecular flexibility index (Phi) is 5.31. The molecule has 2 atom stereocenters. The standard InChI is InChI=1S/C19H25N3OS/c1-14-18(15-7-5-4-6-8-15)22(11-12-24-14)13-16-9-10-17(20-16)19(23)21(2)3/h4-10,14,18,20H,11-13H2,1-3H3/t14-,18-/m1/s1. The van der Waals surface area contributed by atoms with Gasteiger partial charge in [0, 0.05) is 49.9 Å². The summed E-state index contributed by atoms with van der Waals surface area (Å²) in [5, 5.41) is 0.555. The van der Waals surface area contributed by atoms with Gasteiger partial charge in [-0.2, -0.15) is 11.8 Å². The lowest BCUT2D eigenvalue weighted by Gasteiger charge is -2.39. The second-order valence-corrected chi connectivity index (χ2v) is 7.98. The molecular formula is C19H25N3OS. The first kappa shape index (κ1) is 17.1. The van der Waals surface area contributed by atoms with E-state index in [0.717, 1.165) is 24.5 Å². The largest absolute Gasteiger partial charge is 0.353 e. The third-order valence-electron chi connectivity index (χ3n) is 4.49. The van der Waals surface area contributed by atoms with Crippen molar-refractivity contribution >= 4 is 17.7 Å². The Balaban J connectivity index is 1.78. The lowest BCUT2D eigenvalue weighted by Crippen LogP contribution is -2.39. The molecule has 4 nitrogen and oxygen atoms in total. The van der Waals surface area contributed by atoms with Crippen LogP contribution in [-0.4, -0.2) is 52.3 Å². The summed E-state index contributed by atoms with van der Waals surface area (Å²) >= 11 is 2.04. The third kappa shape index (κ3) is 3.68. The zero-order valence-corrected chi connectivity index (χ0v) is 15.3. The molecular weight excluding hydrogens is 318 g/mol. The summed E-state index contributed by atoms with van der Waals surface area (Å²) in [6, 6.07) is 15.1. The average Bonchev–Trinajstić information content (AvgIpc) is 3.03. The highest BCUT2D eigenvalue weighted by Gasteiger charge is 2.30. The maximum Gasteiger partial charge on any atom is 0.269 e. The first-order chi connectivity index (χ1) is 11.6. The zero-order chi connectivity index (χ0) is 17.1. The number of amides is 1. The molecule has 0 bridgehead atoms. The predicted molar refractivity (Wildman–Crippen MR) is 100 cm³/mol. The van der Waals surface area contributed by atoms with E-state index in [2.05, 4.69) is 47.1 Å². The Morgan fingerprint density at radius 2 is 2.00 bits per heavy atom. The topological polar surface area (TPSA) is 39.3 Å². The molecule has 1 N–H and O–H groups in total. The number of nitrogens with zero attached hydrogens (tertiary/aromatic N) is 2. The average molecular weight is 343 g/mol. The van der Waals surface area contributed by atoms with Gasteiger partial charge in [-0.05, 0) is 17.7 Å². The molecule has 5 heteroatoms. The number of hydrogen-bond donors (Lipinski definition) is 1. The number of nitrogens with one attached hydrogen (secondary N) is 1. The van der Waals surface area contributed by atoms with Crippen LogP contribution in [0.3, 0.4) is 0 Å². The van der Waals surface area contributed by atoms with Crippen molar-refractivity contribution in [3.8, 4) is 0 Å². The molecule has 0 spiro atoms. The Morgan fingerprint density at radius 1 is 1.25 bits per heavy atom. The van der Waals surface area contributed by atoms with Gasteiger partial charge in [-0.25, -0.2) is 0 Å². The molecule has 1 aromatic heterocycles. The molecule has 1 aromatic carbocycles.